The Balaban J connectivity index is 1.31. The van der Waals surface area contributed by atoms with Gasteiger partial charge in [-0.3, -0.25) is 4.79 Å². The van der Waals surface area contributed by atoms with Gasteiger partial charge in [0.2, 0.25) is 0 Å². The highest BCUT2D eigenvalue weighted by atomic mass is 35.5. The second kappa shape index (κ2) is 11.0. The van der Waals surface area contributed by atoms with Crippen LogP contribution in [0.15, 0.2) is 66.9 Å². The molecule has 1 atom stereocenters. The summed E-state index contributed by atoms with van der Waals surface area (Å²) in [5.74, 6) is -0.239. The van der Waals surface area contributed by atoms with E-state index < -0.39 is 17.9 Å². The van der Waals surface area contributed by atoms with Crippen molar-refractivity contribution in [1.29, 1.82) is 0 Å². The first kappa shape index (κ1) is 24.8. The van der Waals surface area contributed by atoms with Crippen LogP contribution in [0.1, 0.15) is 28.8 Å². The van der Waals surface area contributed by atoms with Crippen LogP contribution in [0.4, 0.5) is 5.82 Å². The zero-order valence-corrected chi connectivity index (χ0v) is 20.4. The second-order valence-electron chi connectivity index (χ2n) is 8.67. The van der Waals surface area contributed by atoms with Gasteiger partial charge in [0.15, 0.2) is 0 Å². The molecule has 3 aromatic rings. The standard InChI is InChI=1S/C26H25Cl2N3O4/c27-19-4-3-5-20(28)23(19)24(32)31-21(25(33)34)14-17-7-9-18(10-8-17)35-16-26(11-12-26)15-30-22-6-1-2-13-29-22/h1-10,13,21H,11-12,14-16H2,(H,29,30)(H,31,32)(H,33,34)/t21-/m1/s1. The summed E-state index contributed by atoms with van der Waals surface area (Å²) >= 11 is 12.1. The largest absolute Gasteiger partial charge is 0.493 e. The van der Waals surface area contributed by atoms with Gasteiger partial charge in [-0.05, 0) is 54.8 Å². The third kappa shape index (κ3) is 6.65. The molecule has 1 amide bonds. The van der Waals surface area contributed by atoms with Crippen LogP contribution < -0.4 is 15.4 Å². The minimum atomic E-state index is -1.15. The summed E-state index contributed by atoms with van der Waals surface area (Å²) in [5, 5.41) is 15.8. The van der Waals surface area contributed by atoms with Gasteiger partial charge >= 0.3 is 5.97 Å². The van der Waals surface area contributed by atoms with E-state index in [-0.39, 0.29) is 27.4 Å². The van der Waals surface area contributed by atoms with Crippen LogP contribution in [0.2, 0.25) is 10.0 Å². The lowest BCUT2D eigenvalue weighted by molar-refractivity contribution is -0.139. The van der Waals surface area contributed by atoms with Crippen molar-refractivity contribution in [2.75, 3.05) is 18.5 Å². The topological polar surface area (TPSA) is 101 Å². The van der Waals surface area contributed by atoms with E-state index in [2.05, 4.69) is 15.6 Å². The molecule has 1 aliphatic rings. The van der Waals surface area contributed by atoms with Crippen molar-refractivity contribution in [2.45, 2.75) is 25.3 Å². The monoisotopic (exact) mass is 513 g/mol. The summed E-state index contributed by atoms with van der Waals surface area (Å²) in [6, 6.07) is 16.5. The van der Waals surface area contributed by atoms with Gasteiger partial charge in [0.1, 0.15) is 17.6 Å². The number of carbonyl (C=O) groups excluding carboxylic acids is 1. The molecular formula is C26H25Cl2N3O4. The van der Waals surface area contributed by atoms with Gasteiger partial charge in [0, 0.05) is 24.6 Å². The Hall–Kier alpha value is -3.29. The Kier molecular flexibility index (Phi) is 7.78. The third-order valence-electron chi connectivity index (χ3n) is 5.97. The fourth-order valence-electron chi connectivity index (χ4n) is 3.63. The van der Waals surface area contributed by atoms with Crippen LogP contribution in [0.25, 0.3) is 0 Å². The number of nitrogens with one attached hydrogen (secondary N) is 2. The quantitative estimate of drug-likeness (QED) is 0.330. The summed E-state index contributed by atoms with van der Waals surface area (Å²) in [6.07, 6.45) is 4.02. The van der Waals surface area contributed by atoms with Crippen molar-refractivity contribution in [2.24, 2.45) is 5.41 Å². The molecule has 9 heteroatoms. The molecule has 0 radical (unpaired) electrons. The lowest BCUT2D eigenvalue weighted by Crippen LogP contribution is -2.42. The van der Waals surface area contributed by atoms with E-state index in [1.807, 2.05) is 30.3 Å². The molecule has 1 aliphatic carbocycles. The average Bonchev–Trinajstić information content (AvgIpc) is 3.62. The zero-order chi connectivity index (χ0) is 24.8. The average molecular weight is 514 g/mol. The highest BCUT2D eigenvalue weighted by Crippen LogP contribution is 2.45. The van der Waals surface area contributed by atoms with Gasteiger partial charge in [0.25, 0.3) is 5.91 Å². The van der Waals surface area contributed by atoms with E-state index >= 15 is 0 Å². The highest BCUT2D eigenvalue weighted by molar-refractivity contribution is 6.39. The highest BCUT2D eigenvalue weighted by Gasteiger charge is 2.43. The zero-order valence-electron chi connectivity index (χ0n) is 18.8. The van der Waals surface area contributed by atoms with Gasteiger partial charge in [-0.1, -0.05) is 47.5 Å². The lowest BCUT2D eigenvalue weighted by atomic mass is 10.0. The predicted octanol–water partition coefficient (Wildman–Crippen LogP) is 5.09. The van der Waals surface area contributed by atoms with Crippen molar-refractivity contribution in [3.63, 3.8) is 0 Å². The molecule has 1 aromatic heterocycles. The number of hydrogen-bond acceptors (Lipinski definition) is 5. The summed E-state index contributed by atoms with van der Waals surface area (Å²) in [7, 11) is 0. The fraction of sp³-hybridized carbons (Fsp3) is 0.269. The van der Waals surface area contributed by atoms with Crippen molar-refractivity contribution in [3.05, 3.63) is 88.0 Å². The molecular weight excluding hydrogens is 489 g/mol. The number of aliphatic carboxylic acids is 1. The Bertz CT molecular complexity index is 1160. The summed E-state index contributed by atoms with van der Waals surface area (Å²) in [4.78, 5) is 28.7. The molecule has 0 saturated heterocycles. The van der Waals surface area contributed by atoms with E-state index in [0.29, 0.717) is 12.4 Å². The molecule has 0 unspecified atom stereocenters. The Morgan fingerprint density at radius 3 is 2.34 bits per heavy atom. The number of hydrogen-bond donors (Lipinski definition) is 3. The number of ether oxygens (including phenoxy) is 1. The maximum atomic E-state index is 12.6. The maximum Gasteiger partial charge on any atom is 0.326 e. The number of halogens is 2. The van der Waals surface area contributed by atoms with Crippen molar-refractivity contribution in [1.82, 2.24) is 10.3 Å². The number of benzene rings is 2. The summed E-state index contributed by atoms with van der Waals surface area (Å²) < 4.78 is 6.00. The van der Waals surface area contributed by atoms with Crippen molar-refractivity contribution < 1.29 is 19.4 Å². The SMILES string of the molecule is O=C(N[C@H](Cc1ccc(OCC2(CNc3ccccn3)CC2)cc1)C(=O)O)c1c(Cl)cccc1Cl. The smallest absolute Gasteiger partial charge is 0.326 e. The van der Waals surface area contributed by atoms with E-state index in [0.717, 1.165) is 30.8 Å². The molecule has 0 aliphatic heterocycles. The molecule has 1 fully saturated rings. The first-order valence-electron chi connectivity index (χ1n) is 11.2. The second-order valence-corrected chi connectivity index (χ2v) is 9.48. The fourth-order valence-corrected chi connectivity index (χ4v) is 4.20. The van der Waals surface area contributed by atoms with Gasteiger partial charge in [0.05, 0.1) is 22.2 Å². The maximum absolute atomic E-state index is 12.6. The van der Waals surface area contributed by atoms with E-state index in [1.54, 1.807) is 24.4 Å². The van der Waals surface area contributed by atoms with Crippen LogP contribution in [0, 0.1) is 5.41 Å². The number of pyridine rings is 1. The first-order chi connectivity index (χ1) is 16.8. The first-order valence-corrected chi connectivity index (χ1v) is 12.0. The van der Waals surface area contributed by atoms with Crippen molar-refractivity contribution >= 4 is 40.9 Å². The van der Waals surface area contributed by atoms with Crippen LogP contribution in [0.5, 0.6) is 5.75 Å². The predicted molar refractivity (Wildman–Crippen MR) is 135 cm³/mol. The lowest BCUT2D eigenvalue weighted by Gasteiger charge is -2.18. The molecule has 2 aromatic carbocycles. The van der Waals surface area contributed by atoms with Crippen LogP contribution in [-0.4, -0.2) is 41.2 Å². The van der Waals surface area contributed by atoms with Crippen LogP contribution in [-0.2, 0) is 11.2 Å². The molecule has 182 valence electrons. The molecule has 1 heterocycles. The third-order valence-corrected chi connectivity index (χ3v) is 6.60. The number of amides is 1. The van der Waals surface area contributed by atoms with Gasteiger partial charge < -0.3 is 20.5 Å². The molecule has 4 rings (SSSR count). The number of anilines is 1. The molecule has 7 nitrogen and oxygen atoms in total. The van der Waals surface area contributed by atoms with Gasteiger partial charge in [-0.15, -0.1) is 0 Å². The van der Waals surface area contributed by atoms with E-state index in [9.17, 15) is 14.7 Å². The van der Waals surface area contributed by atoms with E-state index in [1.165, 1.54) is 12.1 Å². The van der Waals surface area contributed by atoms with E-state index in [4.69, 9.17) is 27.9 Å². The number of carbonyl (C=O) groups is 2. The number of rotatable bonds is 11. The Morgan fingerprint density at radius 2 is 1.74 bits per heavy atom. The number of carboxylic acids is 1. The van der Waals surface area contributed by atoms with Crippen molar-refractivity contribution in [3.8, 4) is 5.75 Å². The van der Waals surface area contributed by atoms with Gasteiger partial charge in [-0.2, -0.15) is 0 Å². The summed E-state index contributed by atoms with van der Waals surface area (Å²) in [5.41, 5.74) is 0.889. The number of carboxylic acid groups (broad SMARTS) is 1. The molecule has 0 bridgehead atoms. The Morgan fingerprint density at radius 1 is 1.03 bits per heavy atom. The van der Waals surface area contributed by atoms with Crippen LogP contribution in [0.3, 0.4) is 0 Å². The minimum Gasteiger partial charge on any atom is -0.493 e. The Labute approximate surface area is 213 Å². The van der Waals surface area contributed by atoms with Gasteiger partial charge in [-0.25, -0.2) is 9.78 Å². The van der Waals surface area contributed by atoms with Crippen LogP contribution >= 0.6 is 23.2 Å². The molecule has 3 N–H and O–H groups in total. The molecule has 1 saturated carbocycles. The number of nitrogens with zero attached hydrogens (tertiary/aromatic N) is 1. The summed E-state index contributed by atoms with van der Waals surface area (Å²) in [6.45, 7) is 1.37. The molecule has 0 spiro atoms. The number of aromatic nitrogens is 1. The molecule has 35 heavy (non-hydrogen) atoms. The normalized spacial score (nSPS) is 14.6. The minimum absolute atomic E-state index is 0.0531.